The molecule has 25 heavy (non-hydrogen) atoms. The molecule has 3 N–H and O–H groups in total. The number of guanidine groups is 1. The highest BCUT2D eigenvalue weighted by Crippen LogP contribution is 2.18. The molecular formula is C19H23F2N3O. The molecule has 0 spiro atoms. The van der Waals surface area contributed by atoms with Crippen molar-refractivity contribution in [2.75, 3.05) is 6.54 Å². The molecule has 2 aromatic rings. The number of hydrogen-bond donors (Lipinski definition) is 3. The maximum atomic E-state index is 13.7. The Hall–Kier alpha value is -2.63. The second-order valence-electron chi connectivity index (χ2n) is 5.86. The Morgan fingerprint density at radius 2 is 1.92 bits per heavy atom. The predicted octanol–water partition coefficient (Wildman–Crippen LogP) is 3.80. The highest BCUT2D eigenvalue weighted by atomic mass is 19.1. The van der Waals surface area contributed by atoms with E-state index < -0.39 is 5.82 Å². The van der Waals surface area contributed by atoms with E-state index in [-0.39, 0.29) is 24.2 Å². The second-order valence-corrected chi connectivity index (χ2v) is 5.86. The number of benzene rings is 2. The van der Waals surface area contributed by atoms with Crippen LogP contribution in [0, 0.1) is 18.6 Å². The van der Waals surface area contributed by atoms with Gasteiger partial charge in [-0.15, -0.1) is 0 Å². The first kappa shape index (κ1) is 18.7. The summed E-state index contributed by atoms with van der Waals surface area (Å²) in [6, 6.07) is 9.14. The lowest BCUT2D eigenvalue weighted by Crippen LogP contribution is -2.38. The van der Waals surface area contributed by atoms with Crippen molar-refractivity contribution >= 4 is 5.96 Å². The molecule has 0 heterocycles. The van der Waals surface area contributed by atoms with E-state index in [1.165, 1.54) is 18.2 Å². The summed E-state index contributed by atoms with van der Waals surface area (Å²) >= 11 is 0. The SMILES string of the molecule is CCNC(=NCc1ccc(O)c(F)c1)NC(C)c1ccc(C)c(F)c1. The highest BCUT2D eigenvalue weighted by Gasteiger charge is 2.10. The fourth-order valence-electron chi connectivity index (χ4n) is 2.31. The number of aryl methyl sites for hydroxylation is 1. The Morgan fingerprint density at radius 1 is 1.16 bits per heavy atom. The zero-order valence-corrected chi connectivity index (χ0v) is 14.6. The van der Waals surface area contributed by atoms with Crippen molar-refractivity contribution in [1.29, 1.82) is 0 Å². The minimum absolute atomic E-state index is 0.149. The molecule has 1 atom stereocenters. The van der Waals surface area contributed by atoms with Crippen LogP contribution in [0.1, 0.15) is 36.6 Å². The number of aromatic hydroxyl groups is 1. The summed E-state index contributed by atoms with van der Waals surface area (Å²) in [5.41, 5.74) is 2.05. The average molecular weight is 347 g/mol. The van der Waals surface area contributed by atoms with Gasteiger partial charge in [-0.3, -0.25) is 0 Å². The van der Waals surface area contributed by atoms with Gasteiger partial charge >= 0.3 is 0 Å². The van der Waals surface area contributed by atoms with Crippen molar-refractivity contribution in [2.24, 2.45) is 4.99 Å². The molecule has 0 aromatic heterocycles. The van der Waals surface area contributed by atoms with Gasteiger partial charge in [-0.25, -0.2) is 13.8 Å². The number of phenols is 1. The third kappa shape index (κ3) is 5.17. The van der Waals surface area contributed by atoms with Gasteiger partial charge in [-0.05, 0) is 55.7 Å². The Kier molecular flexibility index (Phi) is 6.33. The summed E-state index contributed by atoms with van der Waals surface area (Å²) < 4.78 is 27.1. The van der Waals surface area contributed by atoms with Crippen molar-refractivity contribution in [1.82, 2.24) is 10.6 Å². The van der Waals surface area contributed by atoms with E-state index in [0.717, 1.165) is 5.56 Å². The summed E-state index contributed by atoms with van der Waals surface area (Å²) in [5.74, 6) is -0.751. The molecule has 0 bridgehead atoms. The first-order valence-corrected chi connectivity index (χ1v) is 8.19. The molecular weight excluding hydrogens is 324 g/mol. The van der Waals surface area contributed by atoms with Gasteiger partial charge < -0.3 is 15.7 Å². The molecule has 0 saturated heterocycles. The van der Waals surface area contributed by atoms with Crippen molar-refractivity contribution < 1.29 is 13.9 Å². The van der Waals surface area contributed by atoms with E-state index in [4.69, 9.17) is 0 Å². The van der Waals surface area contributed by atoms with Gasteiger partial charge in [-0.1, -0.05) is 18.2 Å². The fourth-order valence-corrected chi connectivity index (χ4v) is 2.31. The molecule has 0 fully saturated rings. The number of nitrogens with zero attached hydrogens (tertiary/aromatic N) is 1. The van der Waals surface area contributed by atoms with Gasteiger partial charge in [0, 0.05) is 6.54 Å². The summed E-state index contributed by atoms with van der Waals surface area (Å²) in [5, 5.41) is 15.5. The lowest BCUT2D eigenvalue weighted by Gasteiger charge is -2.18. The van der Waals surface area contributed by atoms with Crippen LogP contribution in [0.5, 0.6) is 5.75 Å². The standard InChI is InChI=1S/C19H23F2N3O/c1-4-22-19(23-11-14-6-8-18(25)17(21)9-14)24-13(3)15-7-5-12(2)16(20)10-15/h5-10,13,25H,4,11H2,1-3H3,(H2,22,23,24). The second kappa shape index (κ2) is 8.46. The lowest BCUT2D eigenvalue weighted by molar-refractivity contribution is 0.432. The monoisotopic (exact) mass is 347 g/mol. The van der Waals surface area contributed by atoms with Gasteiger partial charge in [0.2, 0.25) is 0 Å². The average Bonchev–Trinajstić information content (AvgIpc) is 2.58. The minimum Gasteiger partial charge on any atom is -0.505 e. The van der Waals surface area contributed by atoms with Gasteiger partial charge in [0.05, 0.1) is 12.6 Å². The van der Waals surface area contributed by atoms with Crippen molar-refractivity contribution in [2.45, 2.75) is 33.4 Å². The van der Waals surface area contributed by atoms with Gasteiger partial charge in [0.15, 0.2) is 17.5 Å². The number of halogens is 2. The lowest BCUT2D eigenvalue weighted by atomic mass is 10.1. The van der Waals surface area contributed by atoms with E-state index >= 15 is 0 Å². The van der Waals surface area contributed by atoms with E-state index in [0.29, 0.717) is 23.6 Å². The van der Waals surface area contributed by atoms with E-state index in [1.807, 2.05) is 19.9 Å². The van der Waals surface area contributed by atoms with Crippen LogP contribution in [-0.2, 0) is 6.54 Å². The van der Waals surface area contributed by atoms with Gasteiger partial charge in [0.25, 0.3) is 0 Å². The number of aliphatic imine (C=N–C) groups is 1. The smallest absolute Gasteiger partial charge is 0.192 e. The molecule has 0 amide bonds. The third-order valence-corrected chi connectivity index (χ3v) is 3.83. The van der Waals surface area contributed by atoms with Crippen LogP contribution in [0.2, 0.25) is 0 Å². The van der Waals surface area contributed by atoms with E-state index in [2.05, 4.69) is 15.6 Å². The molecule has 0 aliphatic rings. The Morgan fingerprint density at radius 3 is 2.56 bits per heavy atom. The first-order chi connectivity index (χ1) is 11.9. The molecule has 0 saturated carbocycles. The largest absolute Gasteiger partial charge is 0.505 e. The van der Waals surface area contributed by atoms with Crippen molar-refractivity contribution in [3.63, 3.8) is 0 Å². The van der Waals surface area contributed by atoms with Crippen LogP contribution in [-0.4, -0.2) is 17.6 Å². The molecule has 134 valence electrons. The number of nitrogens with one attached hydrogen (secondary N) is 2. The number of rotatable bonds is 5. The summed E-state index contributed by atoms with van der Waals surface area (Å²) in [6.07, 6.45) is 0. The van der Waals surface area contributed by atoms with Gasteiger partial charge in [0.1, 0.15) is 5.82 Å². The molecule has 0 aliphatic heterocycles. The van der Waals surface area contributed by atoms with Crippen molar-refractivity contribution in [3.8, 4) is 5.75 Å². The molecule has 6 heteroatoms. The van der Waals surface area contributed by atoms with Crippen LogP contribution in [0.4, 0.5) is 8.78 Å². The first-order valence-electron chi connectivity index (χ1n) is 8.19. The summed E-state index contributed by atoms with van der Waals surface area (Å²) in [6.45, 7) is 6.48. The predicted molar refractivity (Wildman–Crippen MR) is 95.6 cm³/mol. The summed E-state index contributed by atoms with van der Waals surface area (Å²) in [7, 11) is 0. The third-order valence-electron chi connectivity index (χ3n) is 3.83. The van der Waals surface area contributed by atoms with Crippen LogP contribution in [0.25, 0.3) is 0 Å². The highest BCUT2D eigenvalue weighted by molar-refractivity contribution is 5.80. The fraction of sp³-hybridized carbons (Fsp3) is 0.316. The quantitative estimate of drug-likeness (QED) is 0.570. The number of phenolic OH excluding ortho intramolecular Hbond substituents is 1. The van der Waals surface area contributed by atoms with Crippen LogP contribution >= 0.6 is 0 Å². The molecule has 4 nitrogen and oxygen atoms in total. The van der Waals surface area contributed by atoms with Gasteiger partial charge in [-0.2, -0.15) is 0 Å². The van der Waals surface area contributed by atoms with E-state index in [1.54, 1.807) is 19.1 Å². The zero-order chi connectivity index (χ0) is 18.4. The molecule has 0 aliphatic carbocycles. The summed E-state index contributed by atoms with van der Waals surface area (Å²) in [4.78, 5) is 4.41. The molecule has 2 aromatic carbocycles. The maximum absolute atomic E-state index is 13.7. The zero-order valence-electron chi connectivity index (χ0n) is 14.6. The maximum Gasteiger partial charge on any atom is 0.192 e. The molecule has 1 unspecified atom stereocenters. The Bertz CT molecular complexity index is 762. The number of hydrogen-bond acceptors (Lipinski definition) is 2. The normalized spacial score (nSPS) is 12.8. The van der Waals surface area contributed by atoms with E-state index in [9.17, 15) is 13.9 Å². The van der Waals surface area contributed by atoms with Crippen LogP contribution in [0.3, 0.4) is 0 Å². The van der Waals surface area contributed by atoms with Crippen molar-refractivity contribution in [3.05, 3.63) is 64.7 Å². The van der Waals surface area contributed by atoms with Crippen LogP contribution in [0.15, 0.2) is 41.4 Å². The van der Waals surface area contributed by atoms with Crippen LogP contribution < -0.4 is 10.6 Å². The topological polar surface area (TPSA) is 56.7 Å². The Balaban J connectivity index is 2.10. The molecule has 2 rings (SSSR count). The Labute approximate surface area is 146 Å². The molecule has 0 radical (unpaired) electrons. The minimum atomic E-state index is -0.672.